The molecule has 2 aromatic carbocycles. The van der Waals surface area contributed by atoms with Crippen LogP contribution in [0.3, 0.4) is 0 Å². The maximum absolute atomic E-state index is 12.9. The van der Waals surface area contributed by atoms with E-state index < -0.39 is 0 Å². The van der Waals surface area contributed by atoms with Crippen LogP contribution in [0.1, 0.15) is 34.3 Å². The van der Waals surface area contributed by atoms with Crippen LogP contribution in [0.2, 0.25) is 0 Å². The van der Waals surface area contributed by atoms with E-state index in [1.807, 2.05) is 30.3 Å². The monoisotopic (exact) mass is 375 g/mol. The van der Waals surface area contributed by atoms with Gasteiger partial charge in [0.15, 0.2) is 17.3 Å². The molecule has 0 aromatic heterocycles. The summed E-state index contributed by atoms with van der Waals surface area (Å²) >= 11 is 0. The molecule has 0 radical (unpaired) electrons. The van der Waals surface area contributed by atoms with Gasteiger partial charge in [0.2, 0.25) is 0 Å². The quantitative estimate of drug-likeness (QED) is 0.465. The second kappa shape index (κ2) is 8.01. The molecule has 1 fully saturated rings. The number of carbonyl (C=O) groups excluding carboxylic acids is 1. The van der Waals surface area contributed by atoms with E-state index in [4.69, 9.17) is 9.47 Å². The summed E-state index contributed by atoms with van der Waals surface area (Å²) in [4.78, 5) is 12.9. The zero-order valence-corrected chi connectivity index (χ0v) is 16.4. The standard InChI is InChI=1S/C24H25NO3/c1-27-22-14-19-13-20(24(26)21(19)15-23(22)28-2)12-17-8-10-25(11-9-17)16-18-6-4-3-5-7-18/h3-6,12,14-17H,8-11,13H2,1-2H3/b20-12+,25-16?. The SMILES string of the molecule is COc1cc2c(cc1OC)C(=O)/C(=C/C1CC[N+](=Cc3[c-]cccc3)CC1)C2. The normalized spacial score (nSPS) is 20.2. The summed E-state index contributed by atoms with van der Waals surface area (Å²) in [7, 11) is 3.22. The first-order valence-electron chi connectivity index (χ1n) is 9.74. The summed E-state index contributed by atoms with van der Waals surface area (Å²) in [6.45, 7) is 2.00. The Morgan fingerprint density at radius 2 is 1.86 bits per heavy atom. The Balaban J connectivity index is 1.46. The fourth-order valence-electron chi connectivity index (χ4n) is 4.06. The average Bonchev–Trinajstić information content (AvgIpc) is 3.03. The molecule has 1 heterocycles. The van der Waals surface area contributed by atoms with Crippen molar-refractivity contribution in [2.45, 2.75) is 19.3 Å². The molecule has 0 saturated carbocycles. The van der Waals surface area contributed by atoms with Crippen LogP contribution in [0.15, 0.2) is 48.0 Å². The minimum absolute atomic E-state index is 0.129. The Morgan fingerprint density at radius 3 is 2.54 bits per heavy atom. The highest BCUT2D eigenvalue weighted by molar-refractivity contribution is 6.13. The van der Waals surface area contributed by atoms with Crippen molar-refractivity contribution < 1.29 is 18.8 Å². The second-order valence-corrected chi connectivity index (χ2v) is 7.38. The zero-order valence-electron chi connectivity index (χ0n) is 16.4. The number of piperidine rings is 1. The van der Waals surface area contributed by atoms with Crippen LogP contribution in [0.4, 0.5) is 0 Å². The number of rotatable bonds is 4. The van der Waals surface area contributed by atoms with Gasteiger partial charge in [-0.2, -0.15) is 0 Å². The van der Waals surface area contributed by atoms with Crippen LogP contribution in [-0.2, 0) is 6.42 Å². The molecular weight excluding hydrogens is 350 g/mol. The minimum atomic E-state index is 0.129. The first-order valence-corrected chi connectivity index (χ1v) is 9.74. The maximum Gasteiger partial charge on any atom is 0.189 e. The predicted molar refractivity (Wildman–Crippen MR) is 109 cm³/mol. The van der Waals surface area contributed by atoms with Gasteiger partial charge in [0.1, 0.15) is 13.1 Å². The van der Waals surface area contributed by atoms with E-state index in [2.05, 4.69) is 29.0 Å². The lowest BCUT2D eigenvalue weighted by Gasteiger charge is -2.19. The van der Waals surface area contributed by atoms with Crippen molar-refractivity contribution in [1.29, 1.82) is 0 Å². The van der Waals surface area contributed by atoms with Gasteiger partial charge in [-0.15, -0.1) is 30.3 Å². The highest BCUT2D eigenvalue weighted by Gasteiger charge is 2.29. The fraction of sp³-hybridized carbons (Fsp3) is 0.333. The number of hydrogen-bond acceptors (Lipinski definition) is 3. The largest absolute Gasteiger partial charge is 0.493 e. The van der Waals surface area contributed by atoms with Gasteiger partial charge in [0, 0.05) is 30.4 Å². The van der Waals surface area contributed by atoms with Crippen LogP contribution in [0, 0.1) is 12.0 Å². The Kier molecular flexibility index (Phi) is 5.29. The van der Waals surface area contributed by atoms with Crippen LogP contribution < -0.4 is 9.47 Å². The number of allylic oxidation sites excluding steroid dienone is 2. The highest BCUT2D eigenvalue weighted by Crippen LogP contribution is 2.37. The first-order chi connectivity index (χ1) is 13.7. The van der Waals surface area contributed by atoms with E-state index in [9.17, 15) is 4.79 Å². The molecule has 28 heavy (non-hydrogen) atoms. The van der Waals surface area contributed by atoms with E-state index in [1.165, 1.54) is 0 Å². The Morgan fingerprint density at radius 1 is 1.11 bits per heavy atom. The van der Waals surface area contributed by atoms with E-state index >= 15 is 0 Å². The number of ketones is 1. The molecule has 144 valence electrons. The van der Waals surface area contributed by atoms with E-state index in [0.29, 0.717) is 23.8 Å². The third kappa shape index (κ3) is 3.72. The van der Waals surface area contributed by atoms with Crippen molar-refractivity contribution in [2.24, 2.45) is 5.92 Å². The van der Waals surface area contributed by atoms with Gasteiger partial charge in [-0.05, 0) is 23.6 Å². The Hall–Kier alpha value is -2.88. The third-order valence-electron chi connectivity index (χ3n) is 5.59. The molecule has 1 aliphatic carbocycles. The van der Waals surface area contributed by atoms with Gasteiger partial charge in [-0.3, -0.25) is 9.37 Å². The first kappa shape index (κ1) is 18.5. The number of nitrogens with zero attached hydrogens (tertiary/aromatic N) is 1. The minimum Gasteiger partial charge on any atom is -0.493 e. The van der Waals surface area contributed by atoms with Gasteiger partial charge in [-0.1, -0.05) is 11.6 Å². The lowest BCUT2D eigenvalue weighted by molar-refractivity contribution is -0.535. The lowest BCUT2D eigenvalue weighted by Crippen LogP contribution is -2.26. The van der Waals surface area contributed by atoms with Crippen molar-refractivity contribution >= 4 is 12.0 Å². The molecule has 4 heteroatoms. The topological polar surface area (TPSA) is 38.5 Å². The summed E-state index contributed by atoms with van der Waals surface area (Å²) in [6.07, 6.45) is 7.18. The molecular formula is C24H25NO3. The molecule has 0 unspecified atom stereocenters. The Labute approximate surface area is 166 Å². The van der Waals surface area contributed by atoms with Gasteiger partial charge in [-0.25, -0.2) is 0 Å². The number of methoxy groups -OCH3 is 2. The Bertz CT molecular complexity index is 934. The number of benzene rings is 2. The van der Waals surface area contributed by atoms with Crippen molar-refractivity contribution in [3.8, 4) is 11.5 Å². The lowest BCUT2D eigenvalue weighted by atomic mass is 9.94. The van der Waals surface area contributed by atoms with Crippen molar-refractivity contribution in [3.63, 3.8) is 0 Å². The van der Waals surface area contributed by atoms with Crippen LogP contribution in [-0.4, -0.2) is 43.9 Å². The molecule has 2 aromatic rings. The average molecular weight is 375 g/mol. The van der Waals surface area contributed by atoms with E-state index in [0.717, 1.165) is 48.2 Å². The number of Topliss-reactive ketones (excluding diaryl/α,β-unsaturated/α-hetero) is 1. The summed E-state index contributed by atoms with van der Waals surface area (Å²) in [5.74, 6) is 1.86. The zero-order chi connectivity index (χ0) is 19.5. The smallest absolute Gasteiger partial charge is 0.189 e. The van der Waals surface area contributed by atoms with Crippen LogP contribution in [0.5, 0.6) is 11.5 Å². The summed E-state index contributed by atoms with van der Waals surface area (Å²) < 4.78 is 13.1. The van der Waals surface area contributed by atoms with Gasteiger partial charge >= 0.3 is 0 Å². The summed E-state index contributed by atoms with van der Waals surface area (Å²) in [6, 6.07) is 15.0. The third-order valence-corrected chi connectivity index (χ3v) is 5.59. The highest BCUT2D eigenvalue weighted by atomic mass is 16.5. The number of fused-ring (bicyclic) bond motifs is 1. The van der Waals surface area contributed by atoms with Crippen molar-refractivity contribution in [2.75, 3.05) is 27.3 Å². The fourth-order valence-corrected chi connectivity index (χ4v) is 4.06. The molecule has 0 spiro atoms. The maximum atomic E-state index is 12.9. The molecule has 0 N–H and O–H groups in total. The molecule has 4 nitrogen and oxygen atoms in total. The predicted octanol–water partition coefficient (Wildman–Crippen LogP) is 3.71. The van der Waals surface area contributed by atoms with E-state index in [1.54, 1.807) is 14.2 Å². The number of carbonyl (C=O) groups is 1. The molecule has 0 atom stereocenters. The number of hydrogen-bond donors (Lipinski definition) is 0. The van der Waals surface area contributed by atoms with Gasteiger partial charge in [0.05, 0.1) is 20.4 Å². The second-order valence-electron chi connectivity index (χ2n) is 7.38. The van der Waals surface area contributed by atoms with Gasteiger partial charge < -0.3 is 9.47 Å². The van der Waals surface area contributed by atoms with Gasteiger partial charge in [0.25, 0.3) is 0 Å². The van der Waals surface area contributed by atoms with E-state index in [-0.39, 0.29) is 5.78 Å². The van der Waals surface area contributed by atoms with Crippen molar-refractivity contribution in [1.82, 2.24) is 0 Å². The molecule has 2 aliphatic rings. The molecule has 4 rings (SSSR count). The summed E-state index contributed by atoms with van der Waals surface area (Å²) in [5.41, 5.74) is 3.79. The number of ether oxygens (including phenoxy) is 2. The molecule has 1 saturated heterocycles. The van der Waals surface area contributed by atoms with Crippen LogP contribution >= 0.6 is 0 Å². The molecule has 1 aliphatic heterocycles. The van der Waals surface area contributed by atoms with Crippen molar-refractivity contribution in [3.05, 3.63) is 70.8 Å². The summed E-state index contributed by atoms with van der Waals surface area (Å²) in [5, 5.41) is 0. The molecule has 0 amide bonds. The molecule has 0 bridgehead atoms. The van der Waals surface area contributed by atoms with Crippen LogP contribution in [0.25, 0.3) is 0 Å².